The van der Waals surface area contributed by atoms with E-state index in [4.69, 9.17) is 16.4 Å². The molecule has 0 bridgehead atoms. The summed E-state index contributed by atoms with van der Waals surface area (Å²) >= 11 is 8.31. The minimum Gasteiger partial charge on any atom is -0.387 e. The molecule has 1 N–H and O–H groups in total. The maximum atomic E-state index is 13.2. The van der Waals surface area contributed by atoms with Crippen LogP contribution in [0.3, 0.4) is 0 Å². The van der Waals surface area contributed by atoms with Gasteiger partial charge in [0.25, 0.3) is 0 Å². The average Bonchev–Trinajstić information content (AvgIpc) is 3.08. The Morgan fingerprint density at radius 3 is 2.65 bits per heavy atom. The topological polar surface area (TPSA) is 50.3 Å². The van der Waals surface area contributed by atoms with Crippen molar-refractivity contribution in [1.29, 1.82) is 0 Å². The molecule has 0 aliphatic carbocycles. The van der Waals surface area contributed by atoms with E-state index >= 15 is 0 Å². The fourth-order valence-corrected chi connectivity index (χ4v) is 4.33. The summed E-state index contributed by atoms with van der Waals surface area (Å²) in [5.41, 5.74) is -1.20. The van der Waals surface area contributed by atoms with Gasteiger partial charge in [-0.25, -0.2) is 0 Å². The van der Waals surface area contributed by atoms with Crippen LogP contribution in [0.4, 0.5) is 13.2 Å². The average molecular weight is 388 g/mol. The van der Waals surface area contributed by atoms with Crippen LogP contribution in [0, 0.1) is 0 Å². The molecule has 130 valence electrons. The summed E-state index contributed by atoms with van der Waals surface area (Å²) in [6.45, 7) is 3.66. The second-order valence-electron chi connectivity index (χ2n) is 5.37. The minimum atomic E-state index is -4.47. The molecule has 1 aromatic rings. The first-order chi connectivity index (χ1) is 10.7. The number of alkyl halides is 4. The molecule has 23 heavy (non-hydrogen) atoms. The molecule has 0 radical (unpaired) electrons. The van der Waals surface area contributed by atoms with Crippen molar-refractivity contribution < 1.29 is 18.0 Å². The van der Waals surface area contributed by atoms with Gasteiger partial charge < -0.3 is 4.84 Å². The number of oxime groups is 1. The van der Waals surface area contributed by atoms with E-state index in [1.807, 2.05) is 13.8 Å². The summed E-state index contributed by atoms with van der Waals surface area (Å²) in [5.74, 6) is 0.271. The number of nitrogens with zero attached hydrogens (tertiary/aromatic N) is 2. The van der Waals surface area contributed by atoms with Gasteiger partial charge in [0.1, 0.15) is 15.8 Å². The van der Waals surface area contributed by atoms with Gasteiger partial charge in [0, 0.05) is 17.2 Å². The van der Waals surface area contributed by atoms with E-state index in [1.165, 1.54) is 23.5 Å². The van der Waals surface area contributed by atoms with Crippen molar-refractivity contribution >= 4 is 40.2 Å². The monoisotopic (exact) mass is 387 g/mol. The van der Waals surface area contributed by atoms with Gasteiger partial charge in [-0.3, -0.25) is 5.10 Å². The zero-order chi connectivity index (χ0) is 17.3. The fraction of sp³-hybridized carbons (Fsp3) is 0.692. The minimum absolute atomic E-state index is 0.180. The number of halogens is 4. The van der Waals surface area contributed by atoms with Crippen molar-refractivity contribution in [3.63, 3.8) is 0 Å². The number of H-pyrrole nitrogens is 1. The smallest absolute Gasteiger partial charge is 0.387 e. The van der Waals surface area contributed by atoms with Gasteiger partial charge in [-0.1, -0.05) is 23.8 Å². The Morgan fingerprint density at radius 2 is 2.17 bits per heavy atom. The lowest BCUT2D eigenvalue weighted by molar-refractivity contribution is -0.141. The van der Waals surface area contributed by atoms with E-state index in [0.717, 1.165) is 0 Å². The molecule has 4 nitrogen and oxygen atoms in total. The Labute approximate surface area is 145 Å². The van der Waals surface area contributed by atoms with Gasteiger partial charge in [-0.2, -0.15) is 18.3 Å². The molecule has 1 aromatic heterocycles. The Hall–Kier alpha value is -0.540. The summed E-state index contributed by atoms with van der Waals surface area (Å²) in [6, 6.07) is 0. The van der Waals surface area contributed by atoms with E-state index < -0.39 is 22.7 Å². The quantitative estimate of drug-likeness (QED) is 0.566. The van der Waals surface area contributed by atoms with E-state index in [1.54, 1.807) is 6.26 Å². The number of nitrogens with one attached hydrogen (secondary N) is 1. The van der Waals surface area contributed by atoms with Crippen molar-refractivity contribution in [3.05, 3.63) is 11.3 Å². The molecule has 1 aliphatic heterocycles. The second-order valence-corrected chi connectivity index (χ2v) is 7.71. The van der Waals surface area contributed by atoms with Gasteiger partial charge in [0.15, 0.2) is 5.60 Å². The molecule has 0 aromatic carbocycles. The molecular formula is C13H17ClF3N3OS2. The summed E-state index contributed by atoms with van der Waals surface area (Å²) in [7, 11) is 0. The van der Waals surface area contributed by atoms with Crippen molar-refractivity contribution in [2.75, 3.05) is 12.1 Å². The zero-order valence-corrected chi connectivity index (χ0v) is 15.2. The van der Waals surface area contributed by atoms with Gasteiger partial charge in [0.2, 0.25) is 0 Å². The van der Waals surface area contributed by atoms with Crippen molar-refractivity contribution in [2.45, 2.75) is 48.7 Å². The van der Waals surface area contributed by atoms with Crippen LogP contribution < -0.4 is 0 Å². The SMILES string of the molecule is CCC(SC1=NOC(C)(CCl)C1)c1c(SC)n[nH]c1C(F)(F)F. The highest BCUT2D eigenvalue weighted by atomic mass is 35.5. The van der Waals surface area contributed by atoms with Crippen molar-refractivity contribution in [1.82, 2.24) is 10.2 Å². The third-order valence-corrected chi connectivity index (χ3v) is 6.00. The Bertz CT molecular complexity index is 594. The van der Waals surface area contributed by atoms with Crippen LogP contribution in [-0.2, 0) is 11.0 Å². The molecule has 2 unspecified atom stereocenters. The lowest BCUT2D eigenvalue weighted by Crippen LogP contribution is -2.26. The molecule has 2 rings (SSSR count). The number of aromatic amines is 1. The third-order valence-electron chi connectivity index (χ3n) is 3.39. The van der Waals surface area contributed by atoms with Crippen LogP contribution in [-0.4, -0.2) is 33.0 Å². The van der Waals surface area contributed by atoms with Crippen molar-refractivity contribution in [3.8, 4) is 0 Å². The van der Waals surface area contributed by atoms with E-state index in [-0.39, 0.29) is 11.4 Å². The highest BCUT2D eigenvalue weighted by Crippen LogP contribution is 2.45. The van der Waals surface area contributed by atoms with Crippen LogP contribution >= 0.6 is 35.1 Å². The van der Waals surface area contributed by atoms with Crippen LogP contribution in [0.5, 0.6) is 0 Å². The molecule has 1 aliphatic rings. The second kappa shape index (κ2) is 7.14. The Balaban J connectivity index is 2.27. The first-order valence-electron chi connectivity index (χ1n) is 6.91. The van der Waals surface area contributed by atoms with Gasteiger partial charge in [0.05, 0.1) is 5.88 Å². The first-order valence-corrected chi connectivity index (χ1v) is 9.55. The van der Waals surface area contributed by atoms with Crippen molar-refractivity contribution in [2.24, 2.45) is 5.16 Å². The maximum Gasteiger partial charge on any atom is 0.433 e. The number of aromatic nitrogens is 2. The normalized spacial score (nSPS) is 22.8. The summed E-state index contributed by atoms with van der Waals surface area (Å²) in [6.07, 6.45) is -1.76. The molecule has 0 saturated heterocycles. The summed E-state index contributed by atoms with van der Waals surface area (Å²) < 4.78 is 39.7. The molecular weight excluding hydrogens is 371 g/mol. The standard InChI is InChI=1S/C13H17ClF3N3OS2/c1-4-7(23-8-5-12(2,6-14)21-20-8)9-10(13(15,16)17)18-19-11(9)22-3/h7H,4-6H2,1-3H3,(H,18,19). The predicted molar refractivity (Wildman–Crippen MR) is 88.3 cm³/mol. The molecule has 2 atom stereocenters. The lowest BCUT2D eigenvalue weighted by Gasteiger charge is -2.19. The Morgan fingerprint density at radius 1 is 1.48 bits per heavy atom. The predicted octanol–water partition coefficient (Wildman–Crippen LogP) is 5.07. The lowest BCUT2D eigenvalue weighted by atomic mass is 10.1. The molecule has 0 amide bonds. The molecule has 2 heterocycles. The van der Waals surface area contributed by atoms with Crippen LogP contribution in [0.15, 0.2) is 10.2 Å². The first kappa shape index (κ1) is 18.8. The van der Waals surface area contributed by atoms with Crippen LogP contribution in [0.25, 0.3) is 0 Å². The summed E-state index contributed by atoms with van der Waals surface area (Å²) in [4.78, 5) is 5.30. The molecule has 0 fully saturated rings. The largest absolute Gasteiger partial charge is 0.433 e. The number of thioether (sulfide) groups is 2. The van der Waals surface area contributed by atoms with Crippen LogP contribution in [0.1, 0.15) is 43.2 Å². The zero-order valence-electron chi connectivity index (χ0n) is 12.8. The van der Waals surface area contributed by atoms with Crippen LogP contribution in [0.2, 0.25) is 0 Å². The molecule has 0 spiro atoms. The number of rotatable bonds is 5. The van der Waals surface area contributed by atoms with Gasteiger partial charge in [-0.15, -0.1) is 23.4 Å². The number of hydrogen-bond acceptors (Lipinski definition) is 5. The van der Waals surface area contributed by atoms with E-state index in [0.29, 0.717) is 22.9 Å². The molecule has 0 saturated carbocycles. The highest BCUT2D eigenvalue weighted by Gasteiger charge is 2.41. The van der Waals surface area contributed by atoms with E-state index in [9.17, 15) is 13.2 Å². The highest BCUT2D eigenvalue weighted by molar-refractivity contribution is 8.14. The number of hydrogen-bond donors (Lipinski definition) is 1. The van der Waals surface area contributed by atoms with Gasteiger partial charge in [-0.05, 0) is 19.6 Å². The summed E-state index contributed by atoms with van der Waals surface area (Å²) in [5, 5.41) is 10.5. The maximum absolute atomic E-state index is 13.2. The van der Waals surface area contributed by atoms with Gasteiger partial charge >= 0.3 is 6.18 Å². The third kappa shape index (κ3) is 4.11. The fourth-order valence-electron chi connectivity index (χ4n) is 2.20. The molecule has 10 heteroatoms. The Kier molecular flexibility index (Phi) is 5.84. The van der Waals surface area contributed by atoms with E-state index in [2.05, 4.69) is 15.4 Å².